The number of anilines is 1. The molecule has 2 rings (SSSR count). The number of nitriles is 1. The molecule has 0 unspecified atom stereocenters. The van der Waals surface area contributed by atoms with Crippen LogP contribution in [0.5, 0.6) is 0 Å². The van der Waals surface area contributed by atoms with Gasteiger partial charge in [0.15, 0.2) is 5.82 Å². The van der Waals surface area contributed by atoms with E-state index in [1.165, 1.54) is 12.1 Å². The minimum Gasteiger partial charge on any atom is -0.481 e. The maximum Gasteiger partial charge on any atom is 0.311 e. The van der Waals surface area contributed by atoms with Crippen LogP contribution in [0.15, 0.2) is 16.6 Å². The summed E-state index contributed by atoms with van der Waals surface area (Å²) in [7, 11) is 0. The number of nitrogens with one attached hydrogen (secondary N) is 1. The lowest BCUT2D eigenvalue weighted by atomic mass is 9.80. The molecule has 0 atom stereocenters. The van der Waals surface area contributed by atoms with Gasteiger partial charge in [-0.2, -0.15) is 5.26 Å². The summed E-state index contributed by atoms with van der Waals surface area (Å²) < 4.78 is 19.4. The summed E-state index contributed by atoms with van der Waals surface area (Å²) in [6, 6.07) is 4.79. The van der Waals surface area contributed by atoms with Crippen molar-refractivity contribution in [3.63, 3.8) is 0 Å². The van der Waals surface area contributed by atoms with Gasteiger partial charge in [0.1, 0.15) is 6.07 Å². The molecule has 0 aliphatic carbocycles. The molecule has 1 aromatic rings. The predicted octanol–water partition coefficient (Wildman–Crippen LogP) is 2.75. The van der Waals surface area contributed by atoms with E-state index in [9.17, 15) is 14.3 Å². The molecular formula is C14H14BrFN2O3. The van der Waals surface area contributed by atoms with Gasteiger partial charge in [-0.15, -0.1) is 0 Å². The number of nitrogens with zero attached hydrogens (tertiary/aromatic N) is 1. The topological polar surface area (TPSA) is 82.4 Å². The number of carboxylic acid groups (broad SMARTS) is 1. The first kappa shape index (κ1) is 15.7. The average Bonchev–Trinajstić information content (AvgIpc) is 2.49. The summed E-state index contributed by atoms with van der Waals surface area (Å²) in [6.07, 6.45) is 0.767. The van der Waals surface area contributed by atoms with Gasteiger partial charge >= 0.3 is 5.97 Å². The number of hydrogen-bond acceptors (Lipinski definition) is 4. The third-order valence-corrected chi connectivity index (χ3v) is 4.50. The molecule has 7 heteroatoms. The Kier molecular flexibility index (Phi) is 4.80. The fraction of sp³-hybridized carbons (Fsp3) is 0.429. The van der Waals surface area contributed by atoms with Crippen LogP contribution in [-0.2, 0) is 9.53 Å². The average molecular weight is 357 g/mol. The van der Waals surface area contributed by atoms with Crippen molar-refractivity contribution in [1.82, 2.24) is 0 Å². The lowest BCUT2D eigenvalue weighted by molar-refractivity contribution is -0.153. The molecule has 2 N–H and O–H groups in total. The van der Waals surface area contributed by atoms with Gasteiger partial charge in [0.05, 0.1) is 21.1 Å². The first-order valence-electron chi connectivity index (χ1n) is 6.43. The second-order valence-corrected chi connectivity index (χ2v) is 5.74. The van der Waals surface area contributed by atoms with Gasteiger partial charge in [0.25, 0.3) is 0 Å². The van der Waals surface area contributed by atoms with Crippen LogP contribution in [0.4, 0.5) is 10.1 Å². The predicted molar refractivity (Wildman–Crippen MR) is 77.4 cm³/mol. The largest absolute Gasteiger partial charge is 0.481 e. The second-order valence-electron chi connectivity index (χ2n) is 4.95. The maximum absolute atomic E-state index is 14.1. The van der Waals surface area contributed by atoms with E-state index in [0.29, 0.717) is 26.1 Å². The molecule has 21 heavy (non-hydrogen) atoms. The number of ether oxygens (including phenoxy) is 1. The number of carboxylic acids is 1. The molecule has 0 saturated carbocycles. The van der Waals surface area contributed by atoms with Crippen molar-refractivity contribution in [3.05, 3.63) is 28.0 Å². The molecule has 1 aromatic carbocycles. The Labute approximate surface area is 129 Å². The van der Waals surface area contributed by atoms with Gasteiger partial charge in [0, 0.05) is 19.8 Å². The summed E-state index contributed by atoms with van der Waals surface area (Å²) in [4.78, 5) is 11.5. The number of benzene rings is 1. The summed E-state index contributed by atoms with van der Waals surface area (Å²) in [6.45, 7) is 0.877. The molecule has 1 fully saturated rings. The zero-order valence-electron chi connectivity index (χ0n) is 11.2. The molecule has 1 heterocycles. The number of halogens is 2. The van der Waals surface area contributed by atoms with Crippen LogP contribution in [0.25, 0.3) is 0 Å². The number of rotatable bonds is 4. The fourth-order valence-electron chi connectivity index (χ4n) is 2.27. The van der Waals surface area contributed by atoms with Crippen molar-refractivity contribution < 1.29 is 19.0 Å². The monoisotopic (exact) mass is 356 g/mol. The molecule has 0 amide bonds. The Hall–Kier alpha value is -1.65. The van der Waals surface area contributed by atoms with E-state index in [4.69, 9.17) is 10.00 Å². The van der Waals surface area contributed by atoms with Gasteiger partial charge in [-0.1, -0.05) is 0 Å². The Morgan fingerprint density at radius 2 is 2.19 bits per heavy atom. The lowest BCUT2D eigenvalue weighted by Gasteiger charge is -2.33. The highest BCUT2D eigenvalue weighted by molar-refractivity contribution is 9.10. The molecule has 1 aliphatic heterocycles. The first-order chi connectivity index (χ1) is 10.00. The minimum absolute atomic E-state index is 0.0753. The highest BCUT2D eigenvalue weighted by Gasteiger charge is 2.40. The van der Waals surface area contributed by atoms with E-state index < -0.39 is 17.2 Å². The van der Waals surface area contributed by atoms with Gasteiger partial charge < -0.3 is 15.2 Å². The van der Waals surface area contributed by atoms with Crippen LogP contribution in [0, 0.1) is 22.6 Å². The smallest absolute Gasteiger partial charge is 0.311 e. The summed E-state index contributed by atoms with van der Waals surface area (Å²) in [5.41, 5.74) is -0.588. The van der Waals surface area contributed by atoms with E-state index in [-0.39, 0.29) is 22.3 Å². The molecule has 1 aliphatic rings. The molecular weight excluding hydrogens is 343 g/mol. The van der Waals surface area contributed by atoms with Crippen LogP contribution < -0.4 is 5.32 Å². The molecule has 5 nitrogen and oxygen atoms in total. The fourth-order valence-corrected chi connectivity index (χ4v) is 2.70. The number of carbonyl (C=O) groups is 1. The van der Waals surface area contributed by atoms with Crippen LogP contribution in [0.3, 0.4) is 0 Å². The Bertz CT molecular complexity index is 595. The zero-order chi connectivity index (χ0) is 15.5. The van der Waals surface area contributed by atoms with E-state index >= 15 is 0 Å². The highest BCUT2D eigenvalue weighted by atomic mass is 79.9. The lowest BCUT2D eigenvalue weighted by Crippen LogP contribution is -2.42. The quantitative estimate of drug-likeness (QED) is 0.866. The van der Waals surface area contributed by atoms with Crippen molar-refractivity contribution >= 4 is 27.6 Å². The number of aliphatic carboxylic acids is 1. The molecule has 0 spiro atoms. The van der Waals surface area contributed by atoms with Crippen molar-refractivity contribution in [2.45, 2.75) is 12.8 Å². The molecule has 112 valence electrons. The zero-order valence-corrected chi connectivity index (χ0v) is 12.7. The SMILES string of the molecule is N#Cc1ccc(NCC2(C(=O)O)CCOCC2)c(F)c1Br. The van der Waals surface area contributed by atoms with Crippen molar-refractivity contribution in [1.29, 1.82) is 5.26 Å². The summed E-state index contributed by atoms with van der Waals surface area (Å²) >= 11 is 3.03. The molecule has 0 aromatic heterocycles. The third kappa shape index (κ3) is 3.17. The van der Waals surface area contributed by atoms with Crippen molar-refractivity contribution in [2.75, 3.05) is 25.1 Å². The van der Waals surface area contributed by atoms with Gasteiger partial charge in [-0.25, -0.2) is 4.39 Å². The van der Waals surface area contributed by atoms with Crippen molar-refractivity contribution in [2.24, 2.45) is 5.41 Å². The standard InChI is InChI=1S/C14H14BrFN2O3/c15-11-9(7-17)1-2-10(12(11)16)18-8-14(13(19)20)3-5-21-6-4-14/h1-2,18H,3-6,8H2,(H,19,20). The van der Waals surface area contributed by atoms with E-state index in [1.807, 2.05) is 6.07 Å². The Morgan fingerprint density at radius 1 is 1.52 bits per heavy atom. The van der Waals surface area contributed by atoms with E-state index in [1.54, 1.807) is 0 Å². The summed E-state index contributed by atoms with van der Waals surface area (Å²) in [5, 5.41) is 21.1. The number of hydrogen-bond donors (Lipinski definition) is 2. The van der Waals surface area contributed by atoms with Crippen LogP contribution in [0.2, 0.25) is 0 Å². The highest BCUT2D eigenvalue weighted by Crippen LogP contribution is 2.33. The second kappa shape index (κ2) is 6.41. The van der Waals surface area contributed by atoms with Crippen LogP contribution in [-0.4, -0.2) is 30.8 Å². The van der Waals surface area contributed by atoms with E-state index in [0.717, 1.165) is 0 Å². The normalized spacial score (nSPS) is 17.0. The van der Waals surface area contributed by atoms with Crippen LogP contribution in [0.1, 0.15) is 18.4 Å². The third-order valence-electron chi connectivity index (χ3n) is 3.72. The van der Waals surface area contributed by atoms with Gasteiger partial charge in [-0.3, -0.25) is 4.79 Å². The van der Waals surface area contributed by atoms with Gasteiger partial charge in [0.2, 0.25) is 0 Å². The van der Waals surface area contributed by atoms with Gasteiger partial charge in [-0.05, 0) is 40.9 Å². The molecule has 0 radical (unpaired) electrons. The molecule has 0 bridgehead atoms. The summed E-state index contributed by atoms with van der Waals surface area (Å²) in [5.74, 6) is -1.51. The Morgan fingerprint density at radius 3 is 2.76 bits per heavy atom. The van der Waals surface area contributed by atoms with Crippen molar-refractivity contribution in [3.8, 4) is 6.07 Å². The maximum atomic E-state index is 14.1. The van der Waals surface area contributed by atoms with Crippen LogP contribution >= 0.6 is 15.9 Å². The first-order valence-corrected chi connectivity index (χ1v) is 7.22. The molecule has 1 saturated heterocycles. The van der Waals surface area contributed by atoms with E-state index in [2.05, 4.69) is 21.2 Å². The minimum atomic E-state index is -0.953. The Balaban J connectivity index is 2.17.